The average Bonchev–Trinajstić information content (AvgIpc) is 2.30. The third-order valence-corrected chi connectivity index (χ3v) is 3.30. The summed E-state index contributed by atoms with van der Waals surface area (Å²) in [5.74, 6) is -0.204. The molecule has 0 radical (unpaired) electrons. The Morgan fingerprint density at radius 1 is 1.31 bits per heavy atom. The number of methoxy groups -OCH3 is 1. The lowest BCUT2D eigenvalue weighted by molar-refractivity contribution is -0.140. The van der Waals surface area contributed by atoms with Gasteiger partial charge in [0.2, 0.25) is 0 Å². The zero-order valence-electron chi connectivity index (χ0n) is 10.1. The summed E-state index contributed by atoms with van der Waals surface area (Å²) in [6.45, 7) is 0. The molecule has 0 aliphatic rings. The van der Waals surface area contributed by atoms with Gasteiger partial charge in [0.1, 0.15) is 5.25 Å². The number of ether oxygens (including phenoxy) is 1. The second-order valence-electron chi connectivity index (χ2n) is 3.62. The Kier molecular flexibility index (Phi) is 4.68. The van der Waals surface area contributed by atoms with Crippen LogP contribution in [0.2, 0.25) is 0 Å². The molecular weight excluding hydrogens is 222 g/mol. The third-order valence-electron chi connectivity index (χ3n) is 2.36. The van der Waals surface area contributed by atoms with Crippen molar-refractivity contribution in [1.29, 1.82) is 0 Å². The summed E-state index contributed by atoms with van der Waals surface area (Å²) in [7, 11) is 5.39. The van der Waals surface area contributed by atoms with Gasteiger partial charge in [-0.05, 0) is 24.0 Å². The van der Waals surface area contributed by atoms with Crippen LogP contribution >= 0.6 is 11.8 Å². The number of anilines is 1. The summed E-state index contributed by atoms with van der Waals surface area (Å²) in [5, 5.41) is -0.235. The molecule has 0 aliphatic heterocycles. The molecule has 0 aromatic heterocycles. The fourth-order valence-electron chi connectivity index (χ4n) is 1.42. The summed E-state index contributed by atoms with van der Waals surface area (Å²) < 4.78 is 4.77. The molecule has 0 saturated carbocycles. The Balaban J connectivity index is 2.90. The average molecular weight is 239 g/mol. The molecule has 1 aromatic carbocycles. The molecule has 1 aromatic rings. The first-order valence-corrected chi connectivity index (χ1v) is 6.27. The van der Waals surface area contributed by atoms with Crippen LogP contribution in [0.25, 0.3) is 0 Å². The van der Waals surface area contributed by atoms with E-state index in [1.807, 2.05) is 49.5 Å². The van der Waals surface area contributed by atoms with Crippen molar-refractivity contribution in [3.05, 3.63) is 29.8 Å². The zero-order valence-corrected chi connectivity index (χ0v) is 10.9. The second kappa shape index (κ2) is 5.80. The van der Waals surface area contributed by atoms with E-state index >= 15 is 0 Å². The topological polar surface area (TPSA) is 29.5 Å². The summed E-state index contributed by atoms with van der Waals surface area (Å²) in [5.41, 5.74) is 2.10. The van der Waals surface area contributed by atoms with E-state index in [9.17, 15) is 4.79 Å². The SMILES string of the molecule is COC(=O)C(SC)c1ccc(N(C)C)cc1. The van der Waals surface area contributed by atoms with Gasteiger partial charge >= 0.3 is 5.97 Å². The molecule has 1 rings (SSSR count). The Morgan fingerprint density at radius 2 is 1.88 bits per heavy atom. The van der Waals surface area contributed by atoms with Gasteiger partial charge in [-0.15, -0.1) is 11.8 Å². The standard InChI is InChI=1S/C12H17NO2S/c1-13(2)10-7-5-9(6-8-10)11(16-4)12(14)15-3/h5-8,11H,1-4H3. The number of esters is 1. The molecule has 0 saturated heterocycles. The van der Waals surface area contributed by atoms with Crippen molar-refractivity contribution in [2.45, 2.75) is 5.25 Å². The van der Waals surface area contributed by atoms with Crippen molar-refractivity contribution >= 4 is 23.4 Å². The van der Waals surface area contributed by atoms with Crippen LogP contribution in [0.1, 0.15) is 10.8 Å². The van der Waals surface area contributed by atoms with Crippen LogP contribution < -0.4 is 4.90 Å². The van der Waals surface area contributed by atoms with E-state index in [0.717, 1.165) is 11.3 Å². The Morgan fingerprint density at radius 3 is 2.25 bits per heavy atom. The lowest BCUT2D eigenvalue weighted by Crippen LogP contribution is -2.12. The minimum atomic E-state index is -0.235. The van der Waals surface area contributed by atoms with E-state index in [1.165, 1.54) is 18.9 Å². The van der Waals surface area contributed by atoms with Crippen molar-refractivity contribution in [2.24, 2.45) is 0 Å². The minimum absolute atomic E-state index is 0.204. The molecule has 0 N–H and O–H groups in total. The van der Waals surface area contributed by atoms with E-state index < -0.39 is 0 Å². The summed E-state index contributed by atoms with van der Waals surface area (Å²) >= 11 is 1.48. The summed E-state index contributed by atoms with van der Waals surface area (Å²) in [6, 6.07) is 7.93. The Labute approximate surface area is 101 Å². The van der Waals surface area contributed by atoms with E-state index in [2.05, 4.69) is 0 Å². The van der Waals surface area contributed by atoms with Gasteiger partial charge in [0.25, 0.3) is 0 Å². The van der Waals surface area contributed by atoms with Crippen LogP contribution in [0.4, 0.5) is 5.69 Å². The number of nitrogens with zero attached hydrogens (tertiary/aromatic N) is 1. The van der Waals surface area contributed by atoms with Crippen LogP contribution in [0.3, 0.4) is 0 Å². The maximum Gasteiger partial charge on any atom is 0.323 e. The van der Waals surface area contributed by atoms with Crippen molar-refractivity contribution in [1.82, 2.24) is 0 Å². The summed E-state index contributed by atoms with van der Waals surface area (Å²) in [4.78, 5) is 13.5. The zero-order chi connectivity index (χ0) is 12.1. The van der Waals surface area contributed by atoms with E-state index in [4.69, 9.17) is 4.74 Å². The van der Waals surface area contributed by atoms with Crippen molar-refractivity contribution in [3.63, 3.8) is 0 Å². The van der Waals surface area contributed by atoms with Gasteiger partial charge in [0.05, 0.1) is 7.11 Å². The second-order valence-corrected chi connectivity index (χ2v) is 4.57. The normalized spacial score (nSPS) is 12.0. The highest BCUT2D eigenvalue weighted by Gasteiger charge is 2.19. The van der Waals surface area contributed by atoms with Gasteiger partial charge in [0, 0.05) is 19.8 Å². The predicted molar refractivity (Wildman–Crippen MR) is 69.0 cm³/mol. The number of benzene rings is 1. The summed E-state index contributed by atoms with van der Waals surface area (Å²) in [6.07, 6.45) is 1.90. The fourth-order valence-corrected chi connectivity index (χ4v) is 2.14. The Hall–Kier alpha value is -1.16. The molecule has 4 heteroatoms. The molecule has 88 valence electrons. The first-order chi connectivity index (χ1) is 7.60. The molecule has 16 heavy (non-hydrogen) atoms. The fraction of sp³-hybridized carbons (Fsp3) is 0.417. The number of hydrogen-bond donors (Lipinski definition) is 0. The van der Waals surface area contributed by atoms with Gasteiger partial charge in [-0.25, -0.2) is 0 Å². The molecular formula is C12H17NO2S. The first kappa shape index (κ1) is 12.9. The van der Waals surface area contributed by atoms with Crippen LogP contribution in [-0.4, -0.2) is 33.4 Å². The van der Waals surface area contributed by atoms with Crippen LogP contribution in [-0.2, 0) is 9.53 Å². The molecule has 0 aliphatic carbocycles. The van der Waals surface area contributed by atoms with Crippen molar-refractivity contribution in [2.75, 3.05) is 32.4 Å². The molecule has 3 nitrogen and oxygen atoms in total. The van der Waals surface area contributed by atoms with Gasteiger partial charge in [-0.3, -0.25) is 4.79 Å². The van der Waals surface area contributed by atoms with Crippen LogP contribution in [0.5, 0.6) is 0 Å². The quantitative estimate of drug-likeness (QED) is 0.754. The number of thioether (sulfide) groups is 1. The van der Waals surface area contributed by atoms with Gasteiger partial charge < -0.3 is 9.64 Å². The van der Waals surface area contributed by atoms with E-state index in [-0.39, 0.29) is 11.2 Å². The van der Waals surface area contributed by atoms with Gasteiger partial charge in [-0.2, -0.15) is 0 Å². The van der Waals surface area contributed by atoms with Crippen LogP contribution in [0, 0.1) is 0 Å². The lowest BCUT2D eigenvalue weighted by Gasteiger charge is -2.15. The third kappa shape index (κ3) is 2.92. The first-order valence-electron chi connectivity index (χ1n) is 4.98. The Bertz CT molecular complexity index is 349. The smallest absolute Gasteiger partial charge is 0.323 e. The molecule has 0 fully saturated rings. The number of carbonyl (C=O) groups excluding carboxylic acids is 1. The maximum absolute atomic E-state index is 11.5. The van der Waals surface area contributed by atoms with Crippen molar-refractivity contribution in [3.8, 4) is 0 Å². The minimum Gasteiger partial charge on any atom is -0.468 e. The highest BCUT2D eigenvalue weighted by Crippen LogP contribution is 2.28. The highest BCUT2D eigenvalue weighted by atomic mass is 32.2. The van der Waals surface area contributed by atoms with Crippen LogP contribution in [0.15, 0.2) is 24.3 Å². The van der Waals surface area contributed by atoms with Crippen molar-refractivity contribution < 1.29 is 9.53 Å². The van der Waals surface area contributed by atoms with E-state index in [1.54, 1.807) is 0 Å². The molecule has 1 unspecified atom stereocenters. The predicted octanol–water partition coefficient (Wildman–Crippen LogP) is 2.33. The molecule has 0 spiro atoms. The lowest BCUT2D eigenvalue weighted by atomic mass is 10.1. The monoisotopic (exact) mass is 239 g/mol. The molecule has 1 atom stereocenters. The largest absolute Gasteiger partial charge is 0.468 e. The van der Waals surface area contributed by atoms with Gasteiger partial charge in [-0.1, -0.05) is 12.1 Å². The number of hydrogen-bond acceptors (Lipinski definition) is 4. The highest BCUT2D eigenvalue weighted by molar-refractivity contribution is 7.99. The molecule has 0 bridgehead atoms. The maximum atomic E-state index is 11.5. The molecule has 0 amide bonds. The number of carbonyl (C=O) groups is 1. The number of rotatable bonds is 4. The van der Waals surface area contributed by atoms with Gasteiger partial charge in [0.15, 0.2) is 0 Å². The van der Waals surface area contributed by atoms with E-state index in [0.29, 0.717) is 0 Å². The molecule has 0 heterocycles.